The molecule has 0 radical (unpaired) electrons. The van der Waals surface area contributed by atoms with Crippen molar-refractivity contribution < 1.29 is 14.3 Å². The molecule has 1 heterocycles. The lowest BCUT2D eigenvalue weighted by molar-refractivity contribution is -0.139. The molecule has 0 aromatic heterocycles. The Balaban J connectivity index is 1.89. The van der Waals surface area contributed by atoms with Gasteiger partial charge in [-0.3, -0.25) is 9.59 Å². The smallest absolute Gasteiger partial charge is 0.260 e. The normalized spacial score (nSPS) is 21.3. The zero-order valence-electron chi connectivity index (χ0n) is 13.5. The van der Waals surface area contributed by atoms with Crippen molar-refractivity contribution in [2.75, 3.05) is 11.9 Å². The average Bonchev–Trinajstić information content (AvgIpc) is 2.46. The minimum atomic E-state index is -0.114. The highest BCUT2D eigenvalue weighted by atomic mass is 16.5. The third-order valence-corrected chi connectivity index (χ3v) is 4.02. The quantitative estimate of drug-likeness (QED) is 0.930. The van der Waals surface area contributed by atoms with Crippen molar-refractivity contribution >= 4 is 17.5 Å². The molecule has 5 heteroatoms. The maximum Gasteiger partial charge on any atom is 0.260 e. The van der Waals surface area contributed by atoms with E-state index < -0.39 is 0 Å². The van der Waals surface area contributed by atoms with E-state index in [2.05, 4.69) is 19.2 Å². The first-order valence-electron chi connectivity index (χ1n) is 7.79. The van der Waals surface area contributed by atoms with Gasteiger partial charge in [-0.2, -0.15) is 0 Å². The summed E-state index contributed by atoms with van der Waals surface area (Å²) < 4.78 is 5.57. The fourth-order valence-corrected chi connectivity index (χ4v) is 2.97. The van der Waals surface area contributed by atoms with Gasteiger partial charge in [-0.15, -0.1) is 0 Å². The number of amides is 2. The first kappa shape index (κ1) is 16.3. The van der Waals surface area contributed by atoms with Gasteiger partial charge in [0.15, 0.2) is 6.61 Å². The van der Waals surface area contributed by atoms with Crippen LogP contribution in [0.2, 0.25) is 0 Å². The van der Waals surface area contributed by atoms with Crippen LogP contribution in [0.3, 0.4) is 0 Å². The topological polar surface area (TPSA) is 58.6 Å². The average molecular weight is 304 g/mol. The number of ether oxygens (including phenoxy) is 1. The van der Waals surface area contributed by atoms with Crippen molar-refractivity contribution in [1.29, 1.82) is 0 Å². The van der Waals surface area contributed by atoms with Crippen molar-refractivity contribution in [3.63, 3.8) is 0 Å². The van der Waals surface area contributed by atoms with Crippen molar-refractivity contribution in [2.24, 2.45) is 0 Å². The van der Waals surface area contributed by atoms with Gasteiger partial charge in [-0.05, 0) is 57.4 Å². The summed E-state index contributed by atoms with van der Waals surface area (Å²) in [7, 11) is 0. The lowest BCUT2D eigenvalue weighted by atomic mass is 9.97. The molecule has 1 aliphatic rings. The van der Waals surface area contributed by atoms with Gasteiger partial charge < -0.3 is 15.0 Å². The number of hydrogen-bond donors (Lipinski definition) is 1. The largest absolute Gasteiger partial charge is 0.484 e. The molecule has 0 aliphatic carbocycles. The Kier molecular flexibility index (Phi) is 5.41. The van der Waals surface area contributed by atoms with E-state index in [1.165, 1.54) is 13.3 Å². The molecule has 1 saturated heterocycles. The van der Waals surface area contributed by atoms with Crippen LogP contribution in [-0.2, 0) is 9.59 Å². The standard InChI is InChI=1S/C17H24N2O3/c1-12-5-4-6-13(2)19(12)17(21)11-22-16-9-7-15(8-10-16)18-14(3)20/h7-10,12-13H,4-6,11H2,1-3H3,(H,18,20)/t12-,13-/m1/s1. The molecule has 0 unspecified atom stereocenters. The minimum absolute atomic E-state index is 0.0330. The van der Waals surface area contributed by atoms with Crippen LogP contribution in [0.4, 0.5) is 5.69 Å². The maximum atomic E-state index is 12.3. The Morgan fingerprint density at radius 3 is 2.32 bits per heavy atom. The third-order valence-electron chi connectivity index (χ3n) is 4.02. The zero-order valence-corrected chi connectivity index (χ0v) is 13.5. The number of nitrogens with one attached hydrogen (secondary N) is 1. The van der Waals surface area contributed by atoms with Crippen LogP contribution in [0.15, 0.2) is 24.3 Å². The summed E-state index contributed by atoms with van der Waals surface area (Å²) in [4.78, 5) is 25.2. The molecule has 2 amide bonds. The summed E-state index contributed by atoms with van der Waals surface area (Å²) in [5, 5.41) is 2.69. The number of carbonyl (C=O) groups is 2. The molecule has 2 rings (SSSR count). The van der Waals surface area contributed by atoms with Gasteiger partial charge in [-0.25, -0.2) is 0 Å². The predicted molar refractivity (Wildman–Crippen MR) is 85.9 cm³/mol. The van der Waals surface area contributed by atoms with Gasteiger partial charge >= 0.3 is 0 Å². The number of anilines is 1. The van der Waals surface area contributed by atoms with Crippen molar-refractivity contribution in [2.45, 2.75) is 52.1 Å². The van der Waals surface area contributed by atoms with E-state index in [0.717, 1.165) is 12.8 Å². The molecule has 120 valence electrons. The molecule has 1 N–H and O–H groups in total. The molecule has 1 aliphatic heterocycles. The van der Waals surface area contributed by atoms with Crippen LogP contribution >= 0.6 is 0 Å². The lowest BCUT2D eigenvalue weighted by Crippen LogP contribution is -2.49. The van der Waals surface area contributed by atoms with Crippen molar-refractivity contribution in [3.8, 4) is 5.75 Å². The van der Waals surface area contributed by atoms with E-state index in [1.54, 1.807) is 24.3 Å². The second-order valence-electron chi connectivity index (χ2n) is 5.92. The summed E-state index contributed by atoms with van der Waals surface area (Å²) >= 11 is 0. The lowest BCUT2D eigenvalue weighted by Gasteiger charge is -2.38. The van der Waals surface area contributed by atoms with Crippen molar-refractivity contribution in [3.05, 3.63) is 24.3 Å². The molecule has 22 heavy (non-hydrogen) atoms. The predicted octanol–water partition coefficient (Wildman–Crippen LogP) is 2.81. The number of hydrogen-bond acceptors (Lipinski definition) is 3. The number of rotatable bonds is 4. The van der Waals surface area contributed by atoms with Gasteiger partial charge in [0.2, 0.25) is 5.91 Å². The van der Waals surface area contributed by atoms with Crippen molar-refractivity contribution in [1.82, 2.24) is 4.90 Å². The van der Waals surface area contributed by atoms with E-state index >= 15 is 0 Å². The van der Waals surface area contributed by atoms with E-state index in [0.29, 0.717) is 11.4 Å². The van der Waals surface area contributed by atoms with Crippen LogP contribution in [0, 0.1) is 0 Å². The summed E-state index contributed by atoms with van der Waals surface area (Å²) in [6.45, 7) is 5.70. The van der Waals surface area contributed by atoms with Gasteiger partial charge in [0.1, 0.15) is 5.75 Å². The fourth-order valence-electron chi connectivity index (χ4n) is 2.97. The molecule has 0 bridgehead atoms. The van der Waals surface area contributed by atoms with Gasteiger partial charge in [0.05, 0.1) is 0 Å². The van der Waals surface area contributed by atoms with Gasteiger partial charge in [0, 0.05) is 24.7 Å². The highest BCUT2D eigenvalue weighted by molar-refractivity contribution is 5.88. The van der Waals surface area contributed by atoms with E-state index in [4.69, 9.17) is 4.74 Å². The maximum absolute atomic E-state index is 12.3. The molecule has 1 aromatic rings. The summed E-state index contributed by atoms with van der Waals surface area (Å²) in [5.41, 5.74) is 0.712. The summed E-state index contributed by atoms with van der Waals surface area (Å²) in [5.74, 6) is 0.544. The van der Waals surface area contributed by atoms with Crippen LogP contribution in [0.5, 0.6) is 5.75 Å². The molecule has 1 aromatic carbocycles. The second-order valence-corrected chi connectivity index (χ2v) is 5.92. The van der Waals surface area contributed by atoms with Crippen LogP contribution in [0.1, 0.15) is 40.0 Å². The van der Waals surface area contributed by atoms with Crippen LogP contribution < -0.4 is 10.1 Å². The third kappa shape index (κ3) is 4.23. The molecular weight excluding hydrogens is 280 g/mol. The fraction of sp³-hybridized carbons (Fsp3) is 0.529. The first-order chi connectivity index (χ1) is 10.5. The Hall–Kier alpha value is -2.04. The van der Waals surface area contributed by atoms with E-state index in [1.807, 2.05) is 4.90 Å². The number of carbonyl (C=O) groups excluding carboxylic acids is 2. The number of nitrogens with zero attached hydrogens (tertiary/aromatic N) is 1. The SMILES string of the molecule is CC(=O)Nc1ccc(OCC(=O)N2[C@H](C)CCC[C@H]2C)cc1. The minimum Gasteiger partial charge on any atom is -0.484 e. The summed E-state index contributed by atoms with van der Waals surface area (Å²) in [6.07, 6.45) is 3.29. The van der Waals surface area contributed by atoms with Gasteiger partial charge in [0.25, 0.3) is 5.91 Å². The summed E-state index contributed by atoms with van der Waals surface area (Å²) in [6, 6.07) is 7.58. The van der Waals surface area contributed by atoms with E-state index in [9.17, 15) is 9.59 Å². The Bertz CT molecular complexity index is 517. The molecule has 5 nitrogen and oxygen atoms in total. The van der Waals surface area contributed by atoms with Crippen LogP contribution in [0.25, 0.3) is 0 Å². The zero-order chi connectivity index (χ0) is 16.1. The first-order valence-corrected chi connectivity index (χ1v) is 7.79. The second kappa shape index (κ2) is 7.29. The Morgan fingerprint density at radius 2 is 1.77 bits per heavy atom. The highest BCUT2D eigenvalue weighted by Gasteiger charge is 2.28. The monoisotopic (exact) mass is 304 g/mol. The molecule has 2 atom stereocenters. The molecule has 0 spiro atoms. The Morgan fingerprint density at radius 1 is 1.18 bits per heavy atom. The van der Waals surface area contributed by atoms with Gasteiger partial charge in [-0.1, -0.05) is 0 Å². The van der Waals surface area contributed by atoms with E-state index in [-0.39, 0.29) is 30.5 Å². The molecule has 1 fully saturated rings. The molecular formula is C17H24N2O3. The number of piperidine rings is 1. The highest BCUT2D eigenvalue weighted by Crippen LogP contribution is 2.23. The molecule has 0 saturated carbocycles. The van der Waals surface area contributed by atoms with Crippen LogP contribution in [-0.4, -0.2) is 35.4 Å². The number of benzene rings is 1. The Labute approximate surface area is 131 Å². The number of likely N-dealkylation sites (tertiary alicyclic amines) is 1.